The molecule has 2 unspecified atom stereocenters. The summed E-state index contributed by atoms with van der Waals surface area (Å²) in [6.07, 6.45) is 16.9. The van der Waals surface area contributed by atoms with E-state index in [1.54, 1.807) is 0 Å². The van der Waals surface area contributed by atoms with Gasteiger partial charge in [0.15, 0.2) is 0 Å². The molecule has 162 valence electrons. The van der Waals surface area contributed by atoms with E-state index in [2.05, 4.69) is 39.2 Å². The second-order valence-corrected chi connectivity index (χ2v) is 10.7. The molecular weight excluding hydrogens is 378 g/mol. The van der Waals surface area contributed by atoms with Crippen LogP contribution in [-0.4, -0.2) is 38.5 Å². The summed E-state index contributed by atoms with van der Waals surface area (Å²) >= 11 is 0. The lowest BCUT2D eigenvalue weighted by atomic mass is 9.50. The molecule has 0 aromatic carbocycles. The molecule has 2 N–H and O–H groups in total. The van der Waals surface area contributed by atoms with Gasteiger partial charge in [0.05, 0.1) is 12.4 Å². The van der Waals surface area contributed by atoms with Crippen LogP contribution in [0.5, 0.6) is 0 Å². The van der Waals surface area contributed by atoms with E-state index in [0.29, 0.717) is 11.8 Å². The number of hydrogen-bond donors (Lipinski definition) is 2. The van der Waals surface area contributed by atoms with Gasteiger partial charge in [-0.15, -0.1) is 0 Å². The third kappa shape index (κ3) is 3.20. The van der Waals surface area contributed by atoms with Crippen molar-refractivity contribution in [3.63, 3.8) is 0 Å². The van der Waals surface area contributed by atoms with Gasteiger partial charge in [-0.05, 0) is 58.3 Å². The lowest BCUT2D eigenvalue weighted by Gasteiger charge is -2.58. The van der Waals surface area contributed by atoms with E-state index in [9.17, 15) is 9.90 Å². The fourth-order valence-corrected chi connectivity index (χ4v) is 6.36. The van der Waals surface area contributed by atoms with Crippen LogP contribution in [0.1, 0.15) is 70.5 Å². The van der Waals surface area contributed by atoms with Crippen molar-refractivity contribution in [1.82, 2.24) is 14.9 Å². The minimum atomic E-state index is -0.481. The number of imidazole rings is 1. The van der Waals surface area contributed by atoms with Crippen molar-refractivity contribution in [3.05, 3.63) is 42.5 Å². The van der Waals surface area contributed by atoms with Crippen molar-refractivity contribution in [2.45, 2.75) is 82.6 Å². The molecule has 0 radical (unpaired) electrons. The van der Waals surface area contributed by atoms with Gasteiger partial charge in [-0.3, -0.25) is 0 Å². The summed E-state index contributed by atoms with van der Waals surface area (Å²) in [6, 6.07) is 0.422. The number of aliphatic hydroxyl groups is 1. The van der Waals surface area contributed by atoms with Gasteiger partial charge in [-0.25, -0.2) is 9.78 Å². The maximum absolute atomic E-state index is 12.1. The quantitative estimate of drug-likeness (QED) is 0.768. The zero-order valence-corrected chi connectivity index (χ0v) is 18.1. The van der Waals surface area contributed by atoms with Crippen LogP contribution in [0, 0.1) is 17.3 Å². The van der Waals surface area contributed by atoms with Gasteiger partial charge in [0.25, 0.3) is 0 Å². The fraction of sp³-hybridized carbons (Fsp3) is 0.667. The van der Waals surface area contributed by atoms with Crippen LogP contribution in [0.3, 0.4) is 0 Å². The van der Waals surface area contributed by atoms with E-state index in [-0.39, 0.29) is 35.6 Å². The predicted octanol–water partition coefficient (Wildman–Crippen LogP) is 4.10. The Bertz CT molecular complexity index is 873. The molecule has 2 fully saturated rings. The normalized spacial score (nSPS) is 39.3. The Morgan fingerprint density at radius 1 is 1.27 bits per heavy atom. The summed E-state index contributed by atoms with van der Waals surface area (Å²) in [4.78, 5) is 16.5. The van der Waals surface area contributed by atoms with Crippen LogP contribution in [-0.2, 0) is 4.74 Å². The Balaban J connectivity index is 1.22. The Morgan fingerprint density at radius 2 is 2.00 bits per heavy atom. The number of fused-ring (bicyclic) bond motifs is 3. The summed E-state index contributed by atoms with van der Waals surface area (Å²) in [7, 11) is 0. The van der Waals surface area contributed by atoms with E-state index in [4.69, 9.17) is 4.74 Å². The van der Waals surface area contributed by atoms with E-state index in [1.807, 2.05) is 33.3 Å². The Kier molecular flexibility index (Phi) is 4.62. The van der Waals surface area contributed by atoms with Crippen LogP contribution < -0.4 is 5.32 Å². The number of carbonyl (C=O) groups is 1. The first-order valence-electron chi connectivity index (χ1n) is 11.3. The average Bonchev–Trinajstić information content (AvgIpc) is 3.27. The Hall–Kier alpha value is -2.08. The second-order valence-electron chi connectivity index (χ2n) is 10.7. The van der Waals surface area contributed by atoms with Crippen molar-refractivity contribution >= 4 is 6.09 Å². The van der Waals surface area contributed by atoms with Crippen LogP contribution in [0.2, 0.25) is 0 Å². The first-order chi connectivity index (χ1) is 14.3. The molecule has 2 saturated carbocycles. The maximum Gasteiger partial charge on any atom is 0.407 e. The standard InChI is InChI=1S/C24H33N3O3/c1-23(2,3)30-22(29)26-15-8-10-24(11-9-15)12-18(21(24)28)20-17-7-5-4-6-16(17)19-13-25-14-27(19)20/h4-7,13-18,20-21,28H,8-12H2,1-3H3,(H,26,29)/t15-,16?,17?,18-,20+,21+,24+/m0/s1. The van der Waals surface area contributed by atoms with Crippen LogP contribution >= 0.6 is 0 Å². The third-order valence-corrected chi connectivity index (χ3v) is 7.75. The largest absolute Gasteiger partial charge is 0.444 e. The average molecular weight is 412 g/mol. The summed E-state index contributed by atoms with van der Waals surface area (Å²) in [5, 5.41) is 14.3. The van der Waals surface area contributed by atoms with Gasteiger partial charge in [-0.1, -0.05) is 24.3 Å². The maximum atomic E-state index is 12.1. The molecule has 3 aliphatic carbocycles. The highest BCUT2D eigenvalue weighted by molar-refractivity contribution is 5.68. The molecular formula is C24H33N3O3. The highest BCUT2D eigenvalue weighted by Gasteiger charge is 2.59. The monoisotopic (exact) mass is 411 g/mol. The smallest absolute Gasteiger partial charge is 0.407 e. The molecule has 6 heteroatoms. The minimum absolute atomic E-state index is 0.00380. The van der Waals surface area contributed by atoms with E-state index < -0.39 is 5.60 Å². The number of hydrogen-bond acceptors (Lipinski definition) is 4. The molecule has 1 aliphatic heterocycles. The topological polar surface area (TPSA) is 76.4 Å². The number of ether oxygens (including phenoxy) is 1. The number of nitrogens with one attached hydrogen (secondary N) is 1. The van der Waals surface area contributed by atoms with Gasteiger partial charge in [0.1, 0.15) is 5.60 Å². The molecule has 1 aromatic heterocycles. The molecule has 1 amide bonds. The summed E-state index contributed by atoms with van der Waals surface area (Å²) in [5.74, 6) is 1.05. The lowest BCUT2D eigenvalue weighted by Crippen LogP contribution is -2.58. The van der Waals surface area contributed by atoms with Crippen molar-refractivity contribution in [1.29, 1.82) is 0 Å². The lowest BCUT2D eigenvalue weighted by molar-refractivity contribution is -0.160. The number of aromatic nitrogens is 2. The first kappa shape index (κ1) is 19.9. The van der Waals surface area contributed by atoms with Crippen LogP contribution in [0.25, 0.3) is 0 Å². The highest BCUT2D eigenvalue weighted by Crippen LogP contribution is 2.62. The van der Waals surface area contributed by atoms with Gasteiger partial charge < -0.3 is 19.7 Å². The molecule has 0 bridgehead atoms. The number of alkyl carbamates (subject to hydrolysis) is 1. The fourth-order valence-electron chi connectivity index (χ4n) is 6.36. The number of rotatable bonds is 2. The number of allylic oxidation sites excluding steroid dienone is 4. The Labute approximate surface area is 178 Å². The van der Waals surface area contributed by atoms with E-state index >= 15 is 0 Å². The van der Waals surface area contributed by atoms with Gasteiger partial charge in [0.2, 0.25) is 0 Å². The predicted molar refractivity (Wildman–Crippen MR) is 114 cm³/mol. The number of aliphatic hydroxyl groups excluding tert-OH is 1. The number of amides is 1. The van der Waals surface area contributed by atoms with E-state index in [1.165, 1.54) is 5.69 Å². The Morgan fingerprint density at radius 3 is 2.70 bits per heavy atom. The molecule has 30 heavy (non-hydrogen) atoms. The molecule has 1 spiro atoms. The van der Waals surface area contributed by atoms with Crippen molar-refractivity contribution in [2.24, 2.45) is 17.3 Å². The van der Waals surface area contributed by atoms with Crippen molar-refractivity contribution in [3.8, 4) is 0 Å². The molecule has 6 nitrogen and oxygen atoms in total. The number of carbonyl (C=O) groups excluding carboxylic acids is 1. The summed E-state index contributed by atoms with van der Waals surface area (Å²) in [6.45, 7) is 5.64. The minimum Gasteiger partial charge on any atom is -0.444 e. The first-order valence-corrected chi connectivity index (χ1v) is 11.3. The highest BCUT2D eigenvalue weighted by atomic mass is 16.6. The van der Waals surface area contributed by atoms with Gasteiger partial charge >= 0.3 is 6.09 Å². The second kappa shape index (κ2) is 6.98. The van der Waals surface area contributed by atoms with Gasteiger partial charge in [-0.2, -0.15) is 0 Å². The van der Waals surface area contributed by atoms with Gasteiger partial charge in [0, 0.05) is 41.7 Å². The summed E-state index contributed by atoms with van der Waals surface area (Å²) in [5.41, 5.74) is 0.791. The van der Waals surface area contributed by atoms with Crippen molar-refractivity contribution < 1.29 is 14.6 Å². The van der Waals surface area contributed by atoms with E-state index in [0.717, 1.165) is 32.1 Å². The van der Waals surface area contributed by atoms with Crippen molar-refractivity contribution in [2.75, 3.05) is 0 Å². The zero-order valence-electron chi connectivity index (χ0n) is 18.1. The van der Waals surface area contributed by atoms with Crippen LogP contribution in [0.4, 0.5) is 4.79 Å². The molecule has 5 rings (SSSR count). The third-order valence-electron chi connectivity index (χ3n) is 7.75. The molecule has 2 heterocycles. The summed E-state index contributed by atoms with van der Waals surface area (Å²) < 4.78 is 7.71. The molecule has 1 aromatic rings. The number of nitrogens with zero attached hydrogens (tertiary/aromatic N) is 2. The molecule has 5 atom stereocenters. The zero-order chi connectivity index (χ0) is 21.1. The molecule has 0 saturated heterocycles. The molecule has 4 aliphatic rings. The SMILES string of the molecule is CC(C)(C)OC(=O)N[C@H]1CC[C@@]2(CC1)C[C@@H]([C@H]1C3C=CC=CC3c3cncn31)[C@H]2O. The van der Waals surface area contributed by atoms with Crippen LogP contribution in [0.15, 0.2) is 36.8 Å².